The van der Waals surface area contributed by atoms with Crippen LogP contribution < -0.4 is 10.6 Å². The standard InChI is InChI=1S/C21H27N3O8S/c1-11-16(26)7-17(27)13-9-33-10-15(20(29)24-3-5-31-6-4-24)23-19(28)14(22-12(2)25)8-32-21(30)18(11)13/h7,14-15,26-27H,3-6,8-10H2,1-2H3,(H,22,25)(H,23,28)/t14-,15-/m0/s1. The van der Waals surface area contributed by atoms with Gasteiger partial charge in [-0.1, -0.05) is 0 Å². The predicted molar refractivity (Wildman–Crippen MR) is 118 cm³/mol. The van der Waals surface area contributed by atoms with Crippen molar-refractivity contribution in [2.24, 2.45) is 0 Å². The van der Waals surface area contributed by atoms with Crippen LogP contribution in [0.3, 0.4) is 0 Å². The van der Waals surface area contributed by atoms with Crippen LogP contribution in [0.1, 0.15) is 28.4 Å². The van der Waals surface area contributed by atoms with Gasteiger partial charge in [0, 0.05) is 48.7 Å². The molecule has 0 bridgehead atoms. The van der Waals surface area contributed by atoms with Gasteiger partial charge in [-0.3, -0.25) is 14.4 Å². The van der Waals surface area contributed by atoms with E-state index in [1.54, 1.807) is 4.90 Å². The van der Waals surface area contributed by atoms with Crippen molar-refractivity contribution < 1.29 is 38.9 Å². The molecule has 0 unspecified atom stereocenters. The minimum absolute atomic E-state index is 0.0152. The molecule has 3 amide bonds. The highest BCUT2D eigenvalue weighted by Crippen LogP contribution is 2.35. The Bertz CT molecular complexity index is 948. The number of amides is 3. The molecule has 3 rings (SSSR count). The van der Waals surface area contributed by atoms with Gasteiger partial charge in [0.15, 0.2) is 0 Å². The van der Waals surface area contributed by atoms with E-state index in [1.165, 1.54) is 25.6 Å². The van der Waals surface area contributed by atoms with E-state index in [9.17, 15) is 29.4 Å². The summed E-state index contributed by atoms with van der Waals surface area (Å²) in [6.45, 7) is 3.81. The Balaban J connectivity index is 1.94. The van der Waals surface area contributed by atoms with Gasteiger partial charge in [-0.15, -0.1) is 0 Å². The van der Waals surface area contributed by atoms with E-state index in [4.69, 9.17) is 9.47 Å². The highest BCUT2D eigenvalue weighted by molar-refractivity contribution is 7.98. The first kappa shape index (κ1) is 24.6. The third kappa shape index (κ3) is 5.88. The van der Waals surface area contributed by atoms with Crippen LogP contribution in [-0.4, -0.2) is 89.6 Å². The van der Waals surface area contributed by atoms with Crippen molar-refractivity contribution in [3.63, 3.8) is 0 Å². The number of phenolic OH excluding ortho intramolecular Hbond substituents is 2. The van der Waals surface area contributed by atoms with Crippen LogP contribution in [0.25, 0.3) is 0 Å². The molecule has 12 heteroatoms. The van der Waals surface area contributed by atoms with Gasteiger partial charge in [0.1, 0.15) is 30.2 Å². The van der Waals surface area contributed by atoms with Crippen molar-refractivity contribution in [3.8, 4) is 11.5 Å². The number of ether oxygens (including phenoxy) is 2. The summed E-state index contributed by atoms with van der Waals surface area (Å²) in [6.07, 6.45) is 0. The van der Waals surface area contributed by atoms with Crippen molar-refractivity contribution in [2.45, 2.75) is 31.7 Å². The smallest absolute Gasteiger partial charge is 0.339 e. The van der Waals surface area contributed by atoms with Gasteiger partial charge in [0.05, 0.1) is 18.8 Å². The predicted octanol–water partition coefficient (Wildman–Crippen LogP) is -0.342. The molecule has 0 aromatic heterocycles. The Morgan fingerprint density at radius 2 is 1.91 bits per heavy atom. The van der Waals surface area contributed by atoms with Gasteiger partial charge in [0.2, 0.25) is 17.7 Å². The number of phenols is 2. The van der Waals surface area contributed by atoms with Crippen molar-refractivity contribution in [3.05, 3.63) is 22.8 Å². The van der Waals surface area contributed by atoms with Crippen LogP contribution >= 0.6 is 11.8 Å². The molecule has 4 N–H and O–H groups in total. The average molecular weight is 482 g/mol. The molecular formula is C21H27N3O8S. The molecule has 180 valence electrons. The molecular weight excluding hydrogens is 454 g/mol. The number of hydrogen-bond donors (Lipinski definition) is 4. The van der Waals surface area contributed by atoms with Crippen LogP contribution in [0.4, 0.5) is 0 Å². The summed E-state index contributed by atoms with van der Waals surface area (Å²) in [5, 5.41) is 25.5. The lowest BCUT2D eigenvalue weighted by Crippen LogP contribution is -2.57. The van der Waals surface area contributed by atoms with E-state index in [0.717, 1.165) is 6.07 Å². The number of fused-ring (bicyclic) bond motifs is 1. The van der Waals surface area contributed by atoms with Gasteiger partial charge in [-0.25, -0.2) is 4.79 Å². The number of cyclic esters (lactones) is 1. The Morgan fingerprint density at radius 1 is 1.21 bits per heavy atom. The molecule has 0 saturated carbocycles. The summed E-state index contributed by atoms with van der Waals surface area (Å²) >= 11 is 1.23. The molecule has 0 aliphatic carbocycles. The Morgan fingerprint density at radius 3 is 2.58 bits per heavy atom. The number of thioether (sulfide) groups is 1. The number of nitrogens with one attached hydrogen (secondary N) is 2. The van der Waals surface area contributed by atoms with Crippen molar-refractivity contribution in [1.82, 2.24) is 15.5 Å². The fraction of sp³-hybridized carbons (Fsp3) is 0.524. The zero-order valence-corrected chi connectivity index (χ0v) is 19.2. The van der Waals surface area contributed by atoms with Gasteiger partial charge in [-0.05, 0) is 6.92 Å². The highest BCUT2D eigenvalue weighted by Gasteiger charge is 2.32. The third-order valence-corrected chi connectivity index (χ3v) is 6.45. The second kappa shape index (κ2) is 10.8. The Hall–Kier alpha value is -2.99. The lowest BCUT2D eigenvalue weighted by Gasteiger charge is -2.31. The molecule has 1 fully saturated rings. The van der Waals surface area contributed by atoms with Crippen molar-refractivity contribution >= 4 is 35.5 Å². The van der Waals surface area contributed by atoms with Gasteiger partial charge in [0.25, 0.3) is 0 Å². The summed E-state index contributed by atoms with van der Waals surface area (Å²) in [7, 11) is 0. The summed E-state index contributed by atoms with van der Waals surface area (Å²) < 4.78 is 10.6. The van der Waals surface area contributed by atoms with E-state index < -0.39 is 36.5 Å². The first-order valence-corrected chi connectivity index (χ1v) is 11.6. The van der Waals surface area contributed by atoms with Crippen molar-refractivity contribution in [1.29, 1.82) is 0 Å². The summed E-state index contributed by atoms with van der Waals surface area (Å²) in [5.74, 6) is -2.60. The molecule has 2 aliphatic heterocycles. The Kier molecular flexibility index (Phi) is 8.03. The topological polar surface area (TPSA) is 154 Å². The fourth-order valence-corrected chi connectivity index (χ4v) is 4.69. The SMILES string of the molecule is CC(=O)N[C@H]1COC(=O)c2c(C)c(O)cc(O)c2CSC[C@@H](C(=O)N2CCOCC2)NC1=O. The molecule has 2 atom stereocenters. The second-order valence-corrected chi connectivity index (χ2v) is 8.79. The summed E-state index contributed by atoms with van der Waals surface area (Å²) in [5.41, 5.74) is 0.450. The van der Waals surface area contributed by atoms with Crippen LogP contribution in [0.2, 0.25) is 0 Å². The van der Waals surface area contributed by atoms with E-state index in [0.29, 0.717) is 26.3 Å². The van der Waals surface area contributed by atoms with E-state index in [-0.39, 0.29) is 45.6 Å². The Labute approximate surface area is 194 Å². The summed E-state index contributed by atoms with van der Waals surface area (Å²) in [6, 6.07) is -0.993. The molecule has 1 aromatic rings. The average Bonchev–Trinajstić information content (AvgIpc) is 2.78. The minimum Gasteiger partial charge on any atom is -0.508 e. The molecule has 2 heterocycles. The molecule has 2 aliphatic rings. The summed E-state index contributed by atoms with van der Waals surface area (Å²) in [4.78, 5) is 52.0. The lowest BCUT2D eigenvalue weighted by atomic mass is 10.0. The molecule has 1 saturated heterocycles. The molecule has 33 heavy (non-hydrogen) atoms. The highest BCUT2D eigenvalue weighted by atomic mass is 32.2. The number of rotatable bonds is 2. The number of nitrogens with zero attached hydrogens (tertiary/aromatic N) is 1. The molecule has 1 aromatic carbocycles. The molecule has 11 nitrogen and oxygen atoms in total. The van der Waals surface area contributed by atoms with Gasteiger partial charge < -0.3 is 35.2 Å². The zero-order chi connectivity index (χ0) is 24.1. The van der Waals surface area contributed by atoms with E-state index in [1.807, 2.05) is 0 Å². The fourth-order valence-electron chi connectivity index (χ4n) is 3.62. The number of carbonyl (C=O) groups excluding carboxylic acids is 4. The number of hydrogen-bond acceptors (Lipinski definition) is 9. The third-order valence-electron chi connectivity index (χ3n) is 5.39. The first-order chi connectivity index (χ1) is 15.7. The van der Waals surface area contributed by atoms with Crippen molar-refractivity contribution in [2.75, 3.05) is 38.7 Å². The minimum atomic E-state index is -1.23. The number of morpholine rings is 1. The molecule has 0 spiro atoms. The largest absolute Gasteiger partial charge is 0.508 e. The number of benzene rings is 1. The van der Waals surface area contributed by atoms with Crippen LogP contribution in [0.5, 0.6) is 11.5 Å². The van der Waals surface area contributed by atoms with Crippen LogP contribution in [0.15, 0.2) is 6.07 Å². The maximum Gasteiger partial charge on any atom is 0.339 e. The van der Waals surface area contributed by atoms with Crippen LogP contribution in [0, 0.1) is 6.92 Å². The quantitative estimate of drug-likeness (QED) is 0.415. The van der Waals surface area contributed by atoms with E-state index >= 15 is 0 Å². The number of esters is 1. The second-order valence-electron chi connectivity index (χ2n) is 7.76. The monoisotopic (exact) mass is 481 g/mol. The first-order valence-electron chi connectivity index (χ1n) is 10.4. The van der Waals surface area contributed by atoms with E-state index in [2.05, 4.69) is 10.6 Å². The normalized spacial score (nSPS) is 22.2. The maximum atomic E-state index is 13.1. The zero-order valence-electron chi connectivity index (χ0n) is 18.4. The van der Waals surface area contributed by atoms with Gasteiger partial charge in [-0.2, -0.15) is 11.8 Å². The maximum absolute atomic E-state index is 13.1. The number of carbonyl (C=O) groups is 4. The number of aromatic hydroxyl groups is 2. The lowest BCUT2D eigenvalue weighted by molar-refractivity contribution is -0.140. The molecule has 0 radical (unpaired) electrons. The van der Waals surface area contributed by atoms with Crippen LogP contribution in [-0.2, 0) is 29.6 Å². The van der Waals surface area contributed by atoms with Gasteiger partial charge >= 0.3 is 5.97 Å².